The molecule has 4 nitrogen and oxygen atoms in total. The average molecular weight is 559 g/mol. The van der Waals surface area contributed by atoms with Gasteiger partial charge in [0.15, 0.2) is 11.9 Å². The predicted molar refractivity (Wildman–Crippen MR) is 161 cm³/mol. The first-order chi connectivity index (χ1) is 19.0. The zero-order chi connectivity index (χ0) is 28.4. The third kappa shape index (κ3) is 3.86. The van der Waals surface area contributed by atoms with Gasteiger partial charge in [-0.25, -0.2) is 0 Å². The number of benzene rings is 2. The summed E-state index contributed by atoms with van der Waals surface area (Å²) in [6.45, 7) is 11.9. The molecule has 6 rings (SSSR count). The first-order valence-corrected chi connectivity index (χ1v) is 17.4. The zero-order valence-corrected chi connectivity index (χ0v) is 26.0. The summed E-state index contributed by atoms with van der Waals surface area (Å²) in [5, 5.41) is 2.65. The Balaban J connectivity index is 1.37. The normalized spacial score (nSPS) is 37.6. The predicted octanol–water partition coefficient (Wildman–Crippen LogP) is 6.45. The highest BCUT2D eigenvalue weighted by Gasteiger charge is 2.67. The molecule has 0 spiro atoms. The Morgan fingerprint density at radius 1 is 0.850 bits per heavy atom. The highest BCUT2D eigenvalue weighted by atomic mass is 28.4. The van der Waals surface area contributed by atoms with Crippen molar-refractivity contribution in [2.45, 2.75) is 103 Å². The summed E-state index contributed by atoms with van der Waals surface area (Å²) in [6, 6.07) is 22.0. The lowest BCUT2D eigenvalue weighted by Gasteiger charge is -2.62. The standard InChI is InChI=1S/C35H46O4Si/c1-32(2,3)40(25-12-8-6-9-13-25,26-14-10-7-11-15-26)39-30-17-16-28-27-18-23-35(24-36)34(5,22-20-31(37)38-35)29(27)19-21-33(28,30)4/h6-15,24,27-30H,16-23H2,1-5H3/t27?,28?,29?,30-,33-,34+,35?/m0/s1. The van der Waals surface area contributed by atoms with E-state index in [2.05, 4.69) is 95.3 Å². The SMILES string of the molecule is CC(C)(C)[Si](O[C@H]1CCC2C3CCC4(C=O)OC(=O)CC[C@]4(C)C3CC[C@@]21C)(c1ccccc1)c1ccccc1. The molecular formula is C35H46O4Si. The van der Waals surface area contributed by atoms with E-state index < -0.39 is 13.9 Å². The second-order valence-electron chi connectivity index (χ2n) is 14.7. The number of carbonyl (C=O) groups is 2. The van der Waals surface area contributed by atoms with Gasteiger partial charge < -0.3 is 9.16 Å². The molecule has 7 atom stereocenters. The van der Waals surface area contributed by atoms with Gasteiger partial charge in [-0.3, -0.25) is 9.59 Å². The molecule has 4 fully saturated rings. The van der Waals surface area contributed by atoms with Crippen LogP contribution in [0.5, 0.6) is 0 Å². The van der Waals surface area contributed by atoms with Crippen molar-refractivity contribution in [3.63, 3.8) is 0 Å². The molecule has 5 heteroatoms. The minimum atomic E-state index is -2.65. The Hall–Kier alpha value is -2.24. The lowest BCUT2D eigenvalue weighted by Crippen LogP contribution is -2.69. The van der Waals surface area contributed by atoms with Gasteiger partial charge in [0.2, 0.25) is 0 Å². The van der Waals surface area contributed by atoms with Crippen molar-refractivity contribution in [3.8, 4) is 0 Å². The van der Waals surface area contributed by atoms with Crippen molar-refractivity contribution in [3.05, 3.63) is 60.7 Å². The number of rotatable bonds is 5. The van der Waals surface area contributed by atoms with E-state index in [-0.39, 0.29) is 27.9 Å². The molecule has 0 aromatic heterocycles. The molecular weight excluding hydrogens is 512 g/mol. The Labute approximate surface area is 241 Å². The van der Waals surface area contributed by atoms with Gasteiger partial charge in [0.1, 0.15) is 0 Å². The van der Waals surface area contributed by atoms with E-state index in [1.807, 2.05) is 0 Å². The molecule has 1 saturated heterocycles. The van der Waals surface area contributed by atoms with Gasteiger partial charge in [0.25, 0.3) is 8.32 Å². The minimum absolute atomic E-state index is 0.0464. The molecule has 4 unspecified atom stereocenters. The van der Waals surface area contributed by atoms with Crippen LogP contribution >= 0.6 is 0 Å². The lowest BCUT2D eigenvalue weighted by molar-refractivity contribution is -0.224. The van der Waals surface area contributed by atoms with E-state index in [9.17, 15) is 9.59 Å². The highest BCUT2D eigenvalue weighted by Crippen LogP contribution is 2.67. The third-order valence-electron chi connectivity index (χ3n) is 12.1. The molecule has 2 aromatic rings. The average Bonchev–Trinajstić information content (AvgIpc) is 3.28. The van der Waals surface area contributed by atoms with E-state index in [1.165, 1.54) is 16.8 Å². The maximum Gasteiger partial charge on any atom is 0.306 e. The van der Waals surface area contributed by atoms with Gasteiger partial charge in [-0.05, 0) is 83.5 Å². The fourth-order valence-electron chi connectivity index (χ4n) is 9.91. The molecule has 3 aliphatic carbocycles. The summed E-state index contributed by atoms with van der Waals surface area (Å²) in [5.74, 6) is 1.31. The Morgan fingerprint density at radius 3 is 2.05 bits per heavy atom. The van der Waals surface area contributed by atoms with Gasteiger partial charge in [-0.15, -0.1) is 0 Å². The second kappa shape index (κ2) is 9.66. The summed E-state index contributed by atoms with van der Waals surface area (Å²) in [4.78, 5) is 24.8. The topological polar surface area (TPSA) is 52.6 Å². The molecule has 2 aromatic carbocycles. The molecule has 214 valence electrons. The number of hydrogen-bond acceptors (Lipinski definition) is 4. The van der Waals surface area contributed by atoms with E-state index in [0.29, 0.717) is 30.6 Å². The number of aldehydes is 1. The van der Waals surface area contributed by atoms with Gasteiger partial charge >= 0.3 is 5.97 Å². The maximum atomic E-state index is 12.5. The fraction of sp³-hybridized carbons (Fsp3) is 0.600. The van der Waals surface area contributed by atoms with Crippen LogP contribution in [0.2, 0.25) is 5.04 Å². The molecule has 0 bridgehead atoms. The van der Waals surface area contributed by atoms with Crippen molar-refractivity contribution in [2.24, 2.45) is 28.6 Å². The van der Waals surface area contributed by atoms with Crippen molar-refractivity contribution >= 4 is 30.9 Å². The van der Waals surface area contributed by atoms with Crippen LogP contribution < -0.4 is 10.4 Å². The third-order valence-corrected chi connectivity index (χ3v) is 17.1. The first kappa shape index (κ1) is 27.9. The van der Waals surface area contributed by atoms with E-state index >= 15 is 0 Å². The van der Waals surface area contributed by atoms with Crippen LogP contribution in [0.25, 0.3) is 0 Å². The number of hydrogen-bond donors (Lipinski definition) is 0. The van der Waals surface area contributed by atoms with Crippen LogP contribution in [0.15, 0.2) is 60.7 Å². The molecule has 1 heterocycles. The molecule has 0 radical (unpaired) electrons. The Bertz CT molecular complexity index is 1220. The second-order valence-corrected chi connectivity index (χ2v) is 19.0. The van der Waals surface area contributed by atoms with Crippen molar-refractivity contribution in [2.75, 3.05) is 0 Å². The van der Waals surface area contributed by atoms with Crippen LogP contribution in [0.4, 0.5) is 0 Å². The number of fused-ring (bicyclic) bond motifs is 5. The first-order valence-electron chi connectivity index (χ1n) is 15.5. The quantitative estimate of drug-likeness (QED) is 0.240. The molecule has 1 aliphatic heterocycles. The van der Waals surface area contributed by atoms with Crippen LogP contribution in [-0.4, -0.2) is 32.3 Å². The summed E-state index contributed by atoms with van der Waals surface area (Å²) in [6.07, 6.45) is 8.41. The molecule has 40 heavy (non-hydrogen) atoms. The summed E-state index contributed by atoms with van der Waals surface area (Å²) in [5.41, 5.74) is -1.12. The van der Waals surface area contributed by atoms with Gasteiger partial charge in [0.05, 0.1) is 6.10 Å². The lowest BCUT2D eigenvalue weighted by atomic mass is 9.45. The van der Waals surface area contributed by atoms with E-state index in [1.54, 1.807) is 0 Å². The summed E-state index contributed by atoms with van der Waals surface area (Å²) >= 11 is 0. The van der Waals surface area contributed by atoms with Crippen LogP contribution in [0.3, 0.4) is 0 Å². The number of ether oxygens (including phenoxy) is 1. The highest BCUT2D eigenvalue weighted by molar-refractivity contribution is 6.99. The number of carbonyl (C=O) groups excluding carboxylic acids is 2. The monoisotopic (exact) mass is 558 g/mol. The molecule has 4 aliphatic rings. The Kier molecular flexibility index (Phi) is 6.74. The number of esters is 1. The van der Waals surface area contributed by atoms with Gasteiger partial charge in [-0.2, -0.15) is 0 Å². The van der Waals surface area contributed by atoms with Crippen LogP contribution in [-0.2, 0) is 18.8 Å². The van der Waals surface area contributed by atoms with Crippen molar-refractivity contribution < 1.29 is 18.8 Å². The summed E-state index contributed by atoms with van der Waals surface area (Å²) < 4.78 is 13.7. The van der Waals surface area contributed by atoms with E-state index in [4.69, 9.17) is 9.16 Å². The maximum absolute atomic E-state index is 12.5. The molecule has 0 N–H and O–H groups in total. The Morgan fingerprint density at radius 2 is 1.48 bits per heavy atom. The van der Waals surface area contributed by atoms with Crippen molar-refractivity contribution in [1.82, 2.24) is 0 Å². The minimum Gasteiger partial charge on any atom is -0.451 e. The smallest absolute Gasteiger partial charge is 0.306 e. The largest absolute Gasteiger partial charge is 0.451 e. The van der Waals surface area contributed by atoms with Gasteiger partial charge in [-0.1, -0.05) is 95.3 Å². The zero-order valence-electron chi connectivity index (χ0n) is 25.0. The van der Waals surface area contributed by atoms with Crippen molar-refractivity contribution in [1.29, 1.82) is 0 Å². The fourth-order valence-corrected chi connectivity index (χ4v) is 14.7. The van der Waals surface area contributed by atoms with Crippen LogP contribution in [0.1, 0.15) is 86.0 Å². The van der Waals surface area contributed by atoms with Gasteiger partial charge in [0, 0.05) is 11.8 Å². The molecule has 0 amide bonds. The van der Waals surface area contributed by atoms with Crippen LogP contribution in [0, 0.1) is 28.6 Å². The molecule has 3 saturated carbocycles. The summed E-state index contributed by atoms with van der Waals surface area (Å²) in [7, 11) is -2.65. The van der Waals surface area contributed by atoms with E-state index in [0.717, 1.165) is 38.4 Å².